The largest absolute Gasteiger partial charge is 0.377 e. The zero-order valence-electron chi connectivity index (χ0n) is 11.7. The standard InChI is InChI=1S/C17H24O2/c1-3-5-6-7-8-9-10-14-17(19)15-12-11-13-16(18)4-2/h4,10,14,16-19H,2-3,5-9H2,1H3/b14-10+/t16-,17-/m1/s1. The first-order chi connectivity index (χ1) is 9.20. The van der Waals surface area contributed by atoms with Gasteiger partial charge in [-0.3, -0.25) is 0 Å². The van der Waals surface area contributed by atoms with Crippen LogP contribution in [0.15, 0.2) is 24.8 Å². The summed E-state index contributed by atoms with van der Waals surface area (Å²) in [6.07, 6.45) is 10.5. The van der Waals surface area contributed by atoms with E-state index in [9.17, 15) is 5.11 Å². The van der Waals surface area contributed by atoms with E-state index in [0.29, 0.717) is 0 Å². The van der Waals surface area contributed by atoms with Gasteiger partial charge in [0.15, 0.2) is 0 Å². The molecule has 19 heavy (non-hydrogen) atoms. The third-order valence-electron chi connectivity index (χ3n) is 2.52. The van der Waals surface area contributed by atoms with Crippen LogP contribution >= 0.6 is 0 Å². The molecule has 0 amide bonds. The molecule has 2 atom stereocenters. The maximum Gasteiger partial charge on any atom is 0.134 e. The van der Waals surface area contributed by atoms with Crippen LogP contribution in [0.4, 0.5) is 0 Å². The summed E-state index contributed by atoms with van der Waals surface area (Å²) in [5.41, 5.74) is 0. The highest BCUT2D eigenvalue weighted by molar-refractivity contribution is 5.31. The molecule has 2 nitrogen and oxygen atoms in total. The Kier molecular flexibility index (Phi) is 12.0. The molecule has 0 unspecified atom stereocenters. The normalized spacial score (nSPS) is 13.0. The zero-order chi connectivity index (χ0) is 14.3. The molecular formula is C17H24O2. The molecule has 0 aliphatic heterocycles. The summed E-state index contributed by atoms with van der Waals surface area (Å²) in [6, 6.07) is 0. The lowest BCUT2D eigenvalue weighted by Crippen LogP contribution is -1.97. The van der Waals surface area contributed by atoms with Gasteiger partial charge in [-0.15, -0.1) is 0 Å². The molecule has 0 aromatic carbocycles. The molecule has 0 aromatic heterocycles. The number of hydrogen-bond acceptors (Lipinski definition) is 2. The van der Waals surface area contributed by atoms with Crippen molar-refractivity contribution in [3.63, 3.8) is 0 Å². The topological polar surface area (TPSA) is 40.5 Å². The maximum atomic E-state index is 9.50. The molecule has 0 aromatic rings. The Labute approximate surface area is 117 Å². The lowest BCUT2D eigenvalue weighted by Gasteiger charge is -1.97. The summed E-state index contributed by atoms with van der Waals surface area (Å²) < 4.78 is 0. The molecule has 0 aliphatic rings. The Morgan fingerprint density at radius 2 is 1.63 bits per heavy atom. The van der Waals surface area contributed by atoms with Crippen molar-refractivity contribution in [2.24, 2.45) is 0 Å². The molecule has 0 bridgehead atoms. The lowest BCUT2D eigenvalue weighted by molar-refractivity contribution is 0.280. The van der Waals surface area contributed by atoms with E-state index in [-0.39, 0.29) is 0 Å². The first kappa shape index (κ1) is 17.5. The van der Waals surface area contributed by atoms with Crippen molar-refractivity contribution >= 4 is 0 Å². The molecule has 104 valence electrons. The van der Waals surface area contributed by atoms with Crippen molar-refractivity contribution < 1.29 is 10.2 Å². The number of unbranched alkanes of at least 4 members (excludes halogenated alkanes) is 5. The van der Waals surface area contributed by atoms with Crippen molar-refractivity contribution in [2.75, 3.05) is 0 Å². The van der Waals surface area contributed by atoms with Gasteiger partial charge in [0.2, 0.25) is 0 Å². The number of aliphatic hydroxyl groups excluding tert-OH is 2. The maximum absolute atomic E-state index is 9.50. The van der Waals surface area contributed by atoms with E-state index >= 15 is 0 Å². The fourth-order valence-electron chi connectivity index (χ4n) is 1.42. The SMILES string of the molecule is C=C[C@@H](O)C#CC#C[C@H](O)/C=C/CCCCCCC. The predicted octanol–water partition coefficient (Wildman–Crippen LogP) is 2.82. The van der Waals surface area contributed by atoms with E-state index in [2.05, 4.69) is 37.2 Å². The van der Waals surface area contributed by atoms with Gasteiger partial charge in [-0.05, 0) is 30.8 Å². The Morgan fingerprint density at radius 3 is 2.26 bits per heavy atom. The van der Waals surface area contributed by atoms with Crippen LogP contribution in [0.3, 0.4) is 0 Å². The number of hydrogen-bond donors (Lipinski definition) is 2. The van der Waals surface area contributed by atoms with Gasteiger partial charge >= 0.3 is 0 Å². The molecule has 0 saturated heterocycles. The Bertz CT molecular complexity index is 374. The summed E-state index contributed by atoms with van der Waals surface area (Å²) in [5, 5.41) is 18.6. The highest BCUT2D eigenvalue weighted by atomic mass is 16.3. The second-order valence-corrected chi connectivity index (χ2v) is 4.30. The molecule has 0 spiro atoms. The molecule has 2 heteroatoms. The van der Waals surface area contributed by atoms with Crippen LogP contribution < -0.4 is 0 Å². The molecule has 2 N–H and O–H groups in total. The highest BCUT2D eigenvalue weighted by Crippen LogP contribution is 2.05. The minimum Gasteiger partial charge on any atom is -0.377 e. The first-order valence-electron chi connectivity index (χ1n) is 6.87. The van der Waals surface area contributed by atoms with E-state index < -0.39 is 12.2 Å². The van der Waals surface area contributed by atoms with Gasteiger partial charge in [0.1, 0.15) is 12.2 Å². The van der Waals surface area contributed by atoms with E-state index in [1.165, 1.54) is 31.8 Å². The predicted molar refractivity (Wildman–Crippen MR) is 80.3 cm³/mol. The smallest absolute Gasteiger partial charge is 0.134 e. The zero-order valence-corrected chi connectivity index (χ0v) is 11.7. The van der Waals surface area contributed by atoms with Gasteiger partial charge < -0.3 is 10.2 Å². The molecule has 0 radical (unpaired) electrons. The van der Waals surface area contributed by atoms with Crippen molar-refractivity contribution in [3.8, 4) is 23.7 Å². The third-order valence-corrected chi connectivity index (χ3v) is 2.52. The summed E-state index contributed by atoms with van der Waals surface area (Å²) in [6.45, 7) is 5.59. The summed E-state index contributed by atoms with van der Waals surface area (Å²) >= 11 is 0. The average Bonchev–Trinajstić information content (AvgIpc) is 2.42. The van der Waals surface area contributed by atoms with E-state index in [1.54, 1.807) is 6.08 Å². The van der Waals surface area contributed by atoms with Crippen molar-refractivity contribution in [3.05, 3.63) is 24.8 Å². The van der Waals surface area contributed by atoms with Crippen LogP contribution in [-0.4, -0.2) is 22.4 Å². The molecule has 0 fully saturated rings. The van der Waals surface area contributed by atoms with Crippen LogP contribution in [-0.2, 0) is 0 Å². The fourth-order valence-corrected chi connectivity index (χ4v) is 1.42. The van der Waals surface area contributed by atoms with E-state index in [4.69, 9.17) is 5.11 Å². The Morgan fingerprint density at radius 1 is 1.00 bits per heavy atom. The third kappa shape index (κ3) is 12.8. The van der Waals surface area contributed by atoms with Crippen LogP contribution in [0.5, 0.6) is 0 Å². The number of allylic oxidation sites excluding steroid dienone is 1. The molecule has 0 rings (SSSR count). The quantitative estimate of drug-likeness (QED) is 0.400. The summed E-state index contributed by atoms with van der Waals surface area (Å²) in [4.78, 5) is 0. The van der Waals surface area contributed by atoms with Gasteiger partial charge in [0.05, 0.1) is 0 Å². The molecular weight excluding hydrogens is 236 g/mol. The molecule has 0 saturated carbocycles. The van der Waals surface area contributed by atoms with Crippen molar-refractivity contribution in [1.82, 2.24) is 0 Å². The Hall–Kier alpha value is -1.48. The fraction of sp³-hybridized carbons (Fsp3) is 0.529. The second-order valence-electron chi connectivity index (χ2n) is 4.30. The van der Waals surface area contributed by atoms with E-state index in [0.717, 1.165) is 12.8 Å². The van der Waals surface area contributed by atoms with Crippen LogP contribution in [0.1, 0.15) is 45.4 Å². The lowest BCUT2D eigenvalue weighted by atomic mass is 10.1. The van der Waals surface area contributed by atoms with Gasteiger partial charge in [0, 0.05) is 0 Å². The van der Waals surface area contributed by atoms with Crippen LogP contribution in [0.25, 0.3) is 0 Å². The van der Waals surface area contributed by atoms with Gasteiger partial charge in [-0.2, -0.15) is 0 Å². The summed E-state index contributed by atoms with van der Waals surface area (Å²) in [5.74, 6) is 10.00. The van der Waals surface area contributed by atoms with Gasteiger partial charge in [-0.1, -0.05) is 63.2 Å². The second kappa shape index (κ2) is 13.0. The monoisotopic (exact) mass is 260 g/mol. The van der Waals surface area contributed by atoms with Crippen LogP contribution in [0.2, 0.25) is 0 Å². The Balaban J connectivity index is 3.78. The molecule has 0 aliphatic carbocycles. The van der Waals surface area contributed by atoms with Crippen molar-refractivity contribution in [1.29, 1.82) is 0 Å². The molecule has 0 heterocycles. The van der Waals surface area contributed by atoms with Gasteiger partial charge in [-0.25, -0.2) is 0 Å². The number of aliphatic hydroxyl groups is 2. The van der Waals surface area contributed by atoms with Crippen LogP contribution in [0, 0.1) is 23.7 Å². The summed E-state index contributed by atoms with van der Waals surface area (Å²) in [7, 11) is 0. The minimum absolute atomic E-state index is 0.786. The highest BCUT2D eigenvalue weighted by Gasteiger charge is 1.91. The van der Waals surface area contributed by atoms with Gasteiger partial charge in [0.25, 0.3) is 0 Å². The van der Waals surface area contributed by atoms with E-state index in [1.807, 2.05) is 6.08 Å². The van der Waals surface area contributed by atoms with Crippen molar-refractivity contribution in [2.45, 2.75) is 57.7 Å². The minimum atomic E-state index is -0.856. The number of rotatable bonds is 8. The average molecular weight is 260 g/mol. The first-order valence-corrected chi connectivity index (χ1v) is 6.87.